The summed E-state index contributed by atoms with van der Waals surface area (Å²) in [6, 6.07) is 22.7. The Labute approximate surface area is 207 Å². The van der Waals surface area contributed by atoms with Gasteiger partial charge in [-0.1, -0.05) is 54.6 Å². The van der Waals surface area contributed by atoms with E-state index in [1.807, 2.05) is 18.2 Å². The van der Waals surface area contributed by atoms with Crippen molar-refractivity contribution in [3.8, 4) is 0 Å². The normalized spacial score (nSPS) is 22.5. The van der Waals surface area contributed by atoms with E-state index in [1.54, 1.807) is 30.3 Å². The highest BCUT2D eigenvalue weighted by molar-refractivity contribution is 8.25. The second-order valence-corrected chi connectivity index (χ2v) is 13.3. The Hall–Kier alpha value is -2.69. The molecule has 0 aromatic heterocycles. The number of nitrogens with one attached hydrogen (secondary N) is 1. The molecule has 184 valence electrons. The van der Waals surface area contributed by atoms with E-state index in [9.17, 15) is 22.3 Å². The van der Waals surface area contributed by atoms with Crippen molar-refractivity contribution in [3.63, 3.8) is 0 Å². The van der Waals surface area contributed by atoms with E-state index in [4.69, 9.17) is 0 Å². The van der Waals surface area contributed by atoms with Crippen molar-refractivity contribution in [2.75, 3.05) is 18.8 Å². The van der Waals surface area contributed by atoms with E-state index >= 15 is 0 Å². The van der Waals surface area contributed by atoms with Gasteiger partial charge in [0, 0.05) is 36.8 Å². The van der Waals surface area contributed by atoms with Crippen LogP contribution >= 0.6 is 10.6 Å². The molecule has 1 unspecified atom stereocenters. The number of rotatable bonds is 6. The van der Waals surface area contributed by atoms with Crippen LogP contribution in [0.5, 0.6) is 0 Å². The first kappa shape index (κ1) is 24.0. The molecule has 9 heteroatoms. The Morgan fingerprint density at radius 3 is 2.37 bits per heavy atom. The van der Waals surface area contributed by atoms with Crippen molar-refractivity contribution in [2.24, 2.45) is 0 Å². The minimum absolute atomic E-state index is 0.0759. The SMILES string of the molecule is O=C(N[C@H]1CCN(Cc2ccccc2)C1)c1cccc2c1C(S(=O)(=O)c1ccccc1)CS2(O)O. The molecule has 1 amide bonds. The van der Waals surface area contributed by atoms with Gasteiger partial charge in [-0.2, -0.15) is 10.6 Å². The number of sulfone groups is 1. The monoisotopic (exact) mass is 512 g/mol. The molecule has 0 bridgehead atoms. The molecule has 0 aliphatic carbocycles. The third-order valence-electron chi connectivity index (χ3n) is 6.67. The highest BCUT2D eigenvalue weighted by Crippen LogP contribution is 2.62. The van der Waals surface area contributed by atoms with Gasteiger partial charge in [-0.05, 0) is 36.2 Å². The summed E-state index contributed by atoms with van der Waals surface area (Å²) < 4.78 is 48.4. The zero-order valence-electron chi connectivity index (χ0n) is 19.1. The van der Waals surface area contributed by atoms with Crippen molar-refractivity contribution >= 4 is 26.3 Å². The topological polar surface area (TPSA) is 107 Å². The first-order valence-corrected chi connectivity index (χ1v) is 14.8. The van der Waals surface area contributed by atoms with E-state index in [0.717, 1.165) is 19.5 Å². The van der Waals surface area contributed by atoms with Crippen LogP contribution in [0.2, 0.25) is 0 Å². The maximum atomic E-state index is 13.5. The van der Waals surface area contributed by atoms with Gasteiger partial charge in [0.05, 0.1) is 15.5 Å². The quantitative estimate of drug-likeness (QED) is 0.454. The summed E-state index contributed by atoms with van der Waals surface area (Å²) in [6.07, 6.45) is 0.786. The number of amides is 1. The minimum Gasteiger partial charge on any atom is -0.348 e. The lowest BCUT2D eigenvalue weighted by Gasteiger charge is -2.27. The van der Waals surface area contributed by atoms with Crippen LogP contribution < -0.4 is 5.32 Å². The number of nitrogens with zero attached hydrogens (tertiary/aromatic N) is 1. The number of likely N-dealkylation sites (tertiary alicyclic amines) is 1. The van der Waals surface area contributed by atoms with Crippen LogP contribution in [0.15, 0.2) is 88.7 Å². The standard InChI is InChI=1S/C26H28N2O5S2/c29-26(27-20-14-15-28(17-20)16-19-8-3-1-4-9-19)22-12-7-13-23-25(22)24(18-34(23,30)31)35(32,33)21-10-5-2-6-11-21/h1-13,20,24,30-31H,14-18H2,(H,27,29)/t20-,24?/m0/s1. The predicted octanol–water partition coefficient (Wildman–Crippen LogP) is 4.33. The fraction of sp³-hybridized carbons (Fsp3) is 0.269. The molecule has 0 spiro atoms. The van der Waals surface area contributed by atoms with Crippen LogP contribution in [0.4, 0.5) is 0 Å². The Balaban J connectivity index is 1.39. The lowest BCUT2D eigenvalue weighted by Crippen LogP contribution is -2.37. The Bertz CT molecular complexity index is 1330. The Morgan fingerprint density at radius 2 is 1.66 bits per heavy atom. The zero-order valence-corrected chi connectivity index (χ0v) is 20.7. The second kappa shape index (κ2) is 9.40. The molecule has 3 aromatic carbocycles. The lowest BCUT2D eigenvalue weighted by molar-refractivity contribution is 0.0936. The van der Waals surface area contributed by atoms with Gasteiger partial charge in [0.15, 0.2) is 9.84 Å². The molecule has 7 nitrogen and oxygen atoms in total. The molecule has 2 atom stereocenters. The van der Waals surface area contributed by atoms with Crippen molar-refractivity contribution in [2.45, 2.75) is 34.0 Å². The summed E-state index contributed by atoms with van der Waals surface area (Å²) >= 11 is 0. The molecule has 2 aliphatic rings. The van der Waals surface area contributed by atoms with Gasteiger partial charge in [0.2, 0.25) is 0 Å². The molecule has 3 aromatic rings. The summed E-state index contributed by atoms with van der Waals surface area (Å²) in [5, 5.41) is 1.85. The fourth-order valence-corrected chi connectivity index (χ4v) is 9.42. The van der Waals surface area contributed by atoms with Gasteiger partial charge in [-0.3, -0.25) is 18.8 Å². The van der Waals surface area contributed by atoms with Crippen LogP contribution in [0, 0.1) is 0 Å². The summed E-state index contributed by atoms with van der Waals surface area (Å²) in [6.45, 7) is 2.33. The van der Waals surface area contributed by atoms with Gasteiger partial charge in [-0.15, -0.1) is 0 Å². The largest absolute Gasteiger partial charge is 0.348 e. The highest BCUT2D eigenvalue weighted by atomic mass is 32.3. The average Bonchev–Trinajstić information content (AvgIpc) is 3.41. The van der Waals surface area contributed by atoms with E-state index in [2.05, 4.69) is 22.3 Å². The third kappa shape index (κ3) is 4.74. The highest BCUT2D eigenvalue weighted by Gasteiger charge is 2.45. The van der Waals surface area contributed by atoms with Crippen LogP contribution in [-0.2, 0) is 16.4 Å². The van der Waals surface area contributed by atoms with Gasteiger partial charge in [0.1, 0.15) is 5.25 Å². The van der Waals surface area contributed by atoms with E-state index < -0.39 is 31.6 Å². The summed E-state index contributed by atoms with van der Waals surface area (Å²) in [7, 11) is -7.28. The number of hydrogen-bond donors (Lipinski definition) is 3. The van der Waals surface area contributed by atoms with E-state index in [1.165, 1.54) is 23.8 Å². The summed E-state index contributed by atoms with van der Waals surface area (Å²) in [5.74, 6) is -0.739. The number of carbonyl (C=O) groups excluding carboxylic acids is 1. The predicted molar refractivity (Wildman–Crippen MR) is 136 cm³/mol. The maximum absolute atomic E-state index is 13.5. The Kier molecular flexibility index (Phi) is 6.45. The van der Waals surface area contributed by atoms with Crippen LogP contribution in [0.25, 0.3) is 0 Å². The molecule has 2 heterocycles. The van der Waals surface area contributed by atoms with Gasteiger partial charge in [-0.25, -0.2) is 8.42 Å². The van der Waals surface area contributed by atoms with Crippen molar-refractivity contribution < 1.29 is 22.3 Å². The number of fused-ring (bicyclic) bond motifs is 1. The molecule has 35 heavy (non-hydrogen) atoms. The lowest BCUT2D eigenvalue weighted by atomic mass is 10.0. The van der Waals surface area contributed by atoms with Crippen LogP contribution in [-0.4, -0.2) is 53.2 Å². The van der Waals surface area contributed by atoms with Gasteiger partial charge in [0.25, 0.3) is 5.91 Å². The molecule has 3 N–H and O–H groups in total. The third-order valence-corrected chi connectivity index (χ3v) is 10.8. The number of carbonyl (C=O) groups is 1. The smallest absolute Gasteiger partial charge is 0.251 e. The second-order valence-electron chi connectivity index (χ2n) is 9.08. The maximum Gasteiger partial charge on any atom is 0.251 e. The molecule has 1 saturated heterocycles. The Morgan fingerprint density at radius 1 is 0.971 bits per heavy atom. The van der Waals surface area contributed by atoms with E-state index in [0.29, 0.717) is 6.54 Å². The first-order valence-electron chi connectivity index (χ1n) is 11.5. The molecule has 0 saturated carbocycles. The molecule has 5 rings (SSSR count). The number of hydrogen-bond acceptors (Lipinski definition) is 6. The van der Waals surface area contributed by atoms with Crippen molar-refractivity contribution in [3.05, 3.63) is 95.6 Å². The van der Waals surface area contributed by atoms with Crippen LogP contribution in [0.1, 0.15) is 33.2 Å². The zero-order chi connectivity index (χ0) is 24.6. The summed E-state index contributed by atoms with van der Waals surface area (Å²) in [5.41, 5.74) is 1.60. The van der Waals surface area contributed by atoms with Gasteiger partial charge < -0.3 is 5.32 Å². The molecular weight excluding hydrogens is 484 g/mol. The number of benzene rings is 3. The molecular formula is C26H28N2O5S2. The van der Waals surface area contributed by atoms with E-state index in [-0.39, 0.29) is 32.7 Å². The van der Waals surface area contributed by atoms with Crippen LogP contribution in [0.3, 0.4) is 0 Å². The average molecular weight is 513 g/mol. The molecule has 2 aliphatic heterocycles. The van der Waals surface area contributed by atoms with Crippen molar-refractivity contribution in [1.82, 2.24) is 10.2 Å². The minimum atomic E-state index is -3.94. The van der Waals surface area contributed by atoms with Gasteiger partial charge >= 0.3 is 0 Å². The first-order chi connectivity index (χ1) is 16.8. The molecule has 0 radical (unpaired) electrons. The summed E-state index contributed by atoms with van der Waals surface area (Å²) in [4.78, 5) is 15.9. The van der Waals surface area contributed by atoms with Crippen molar-refractivity contribution in [1.29, 1.82) is 0 Å². The fourth-order valence-electron chi connectivity index (χ4n) is 4.96. The molecule has 1 fully saturated rings.